The van der Waals surface area contributed by atoms with Crippen LogP contribution in [0.3, 0.4) is 0 Å². The Balaban J connectivity index is 3.38. The fraction of sp³-hybridized carbons (Fsp3) is 0.700. The van der Waals surface area contributed by atoms with Crippen molar-refractivity contribution in [3.8, 4) is 0 Å². The van der Waals surface area contributed by atoms with Gasteiger partial charge in [0.15, 0.2) is 0 Å². The van der Waals surface area contributed by atoms with E-state index in [9.17, 15) is 18.0 Å². The Kier molecular flexibility index (Phi) is 3.83. The number of halogens is 3. The van der Waals surface area contributed by atoms with E-state index in [-0.39, 0.29) is 19.5 Å². The van der Waals surface area contributed by atoms with E-state index in [2.05, 4.69) is 4.74 Å². The number of aliphatic carboxylic acids is 1. The van der Waals surface area contributed by atoms with Crippen LogP contribution in [0.5, 0.6) is 0 Å². The molecule has 0 aromatic heterocycles. The highest BCUT2D eigenvalue weighted by atomic mass is 19.4. The van der Waals surface area contributed by atoms with Crippen LogP contribution < -0.4 is 0 Å². The summed E-state index contributed by atoms with van der Waals surface area (Å²) in [5.41, 5.74) is -3.60. The lowest BCUT2D eigenvalue weighted by Crippen LogP contribution is -2.64. The standard InChI is InChI=1S/C10H14F3NO3/c1-3-14-6-4-5-7(8(15)16)9(14,17-2)10(11,12)13/h5H,3-4,6H2,1-2H3,(H,15,16). The van der Waals surface area contributed by atoms with Gasteiger partial charge in [-0.3, -0.25) is 4.90 Å². The third-order valence-electron chi connectivity index (χ3n) is 2.85. The summed E-state index contributed by atoms with van der Waals surface area (Å²) in [6.45, 7) is 1.70. The maximum absolute atomic E-state index is 13.2. The molecule has 0 aromatic carbocycles. The lowest BCUT2D eigenvalue weighted by molar-refractivity contribution is -0.309. The minimum atomic E-state index is -4.80. The molecule has 4 nitrogen and oxygen atoms in total. The first-order chi connectivity index (χ1) is 7.81. The molecule has 0 amide bonds. The summed E-state index contributed by atoms with van der Waals surface area (Å²) in [7, 11) is 0.873. The van der Waals surface area contributed by atoms with Gasteiger partial charge in [0.05, 0.1) is 5.57 Å². The third kappa shape index (κ3) is 2.04. The number of alkyl halides is 3. The molecule has 0 saturated carbocycles. The van der Waals surface area contributed by atoms with Crippen LogP contribution in [0.25, 0.3) is 0 Å². The van der Waals surface area contributed by atoms with Gasteiger partial charge in [0.1, 0.15) is 0 Å². The monoisotopic (exact) mass is 253 g/mol. The average molecular weight is 253 g/mol. The van der Waals surface area contributed by atoms with E-state index in [1.54, 1.807) is 0 Å². The Bertz CT molecular complexity index is 340. The van der Waals surface area contributed by atoms with Gasteiger partial charge in [-0.2, -0.15) is 13.2 Å². The van der Waals surface area contributed by atoms with Gasteiger partial charge in [-0.05, 0) is 13.0 Å². The molecule has 0 radical (unpaired) electrons. The van der Waals surface area contributed by atoms with Crippen LogP contribution in [0.4, 0.5) is 13.2 Å². The van der Waals surface area contributed by atoms with Gasteiger partial charge in [0, 0.05) is 13.7 Å². The molecular formula is C10H14F3NO3. The first kappa shape index (κ1) is 14.0. The van der Waals surface area contributed by atoms with Crippen LogP contribution in [-0.2, 0) is 9.53 Å². The van der Waals surface area contributed by atoms with E-state index >= 15 is 0 Å². The van der Waals surface area contributed by atoms with Crippen LogP contribution in [0.1, 0.15) is 13.3 Å². The molecule has 0 spiro atoms. The second-order valence-electron chi connectivity index (χ2n) is 3.64. The molecule has 98 valence electrons. The van der Waals surface area contributed by atoms with E-state index < -0.39 is 23.4 Å². The van der Waals surface area contributed by atoms with E-state index in [0.29, 0.717) is 0 Å². The predicted molar refractivity (Wildman–Crippen MR) is 53.4 cm³/mol. The quantitative estimate of drug-likeness (QED) is 0.830. The molecule has 1 atom stereocenters. The Morgan fingerprint density at radius 2 is 2.24 bits per heavy atom. The van der Waals surface area contributed by atoms with Gasteiger partial charge < -0.3 is 9.84 Å². The van der Waals surface area contributed by atoms with E-state index in [1.165, 1.54) is 6.92 Å². The largest absolute Gasteiger partial charge is 0.478 e. The summed E-state index contributed by atoms with van der Waals surface area (Å²) in [4.78, 5) is 11.9. The van der Waals surface area contributed by atoms with Crippen LogP contribution in [0.2, 0.25) is 0 Å². The van der Waals surface area contributed by atoms with Crippen LogP contribution >= 0.6 is 0 Å². The van der Waals surface area contributed by atoms with E-state index in [0.717, 1.165) is 18.1 Å². The first-order valence-electron chi connectivity index (χ1n) is 5.12. The smallest absolute Gasteiger partial charge is 0.436 e. The Morgan fingerprint density at radius 3 is 2.59 bits per heavy atom. The van der Waals surface area contributed by atoms with Crippen molar-refractivity contribution in [1.82, 2.24) is 4.90 Å². The molecular weight excluding hydrogens is 239 g/mol. The van der Waals surface area contributed by atoms with Gasteiger partial charge in [-0.1, -0.05) is 13.0 Å². The molecule has 1 aliphatic heterocycles. The molecule has 1 unspecified atom stereocenters. The summed E-state index contributed by atoms with van der Waals surface area (Å²) in [5, 5.41) is 8.91. The molecule has 1 rings (SSSR count). The van der Waals surface area contributed by atoms with E-state index in [1.807, 2.05) is 0 Å². The van der Waals surface area contributed by atoms with Crippen LogP contribution in [0.15, 0.2) is 11.6 Å². The van der Waals surface area contributed by atoms with Gasteiger partial charge >= 0.3 is 12.1 Å². The van der Waals surface area contributed by atoms with Crippen molar-refractivity contribution in [2.45, 2.75) is 25.2 Å². The van der Waals surface area contributed by atoms with Crippen molar-refractivity contribution in [3.63, 3.8) is 0 Å². The number of rotatable bonds is 3. The molecule has 0 saturated heterocycles. The topological polar surface area (TPSA) is 49.8 Å². The number of carbonyl (C=O) groups is 1. The Labute approximate surface area is 96.7 Å². The summed E-state index contributed by atoms with van der Waals surface area (Å²) in [5.74, 6) is -1.61. The maximum Gasteiger partial charge on any atom is 0.436 e. The summed E-state index contributed by atoms with van der Waals surface area (Å²) in [6.07, 6.45) is -3.47. The van der Waals surface area contributed by atoms with Gasteiger partial charge in [0.25, 0.3) is 5.72 Å². The van der Waals surface area contributed by atoms with Gasteiger partial charge in [-0.25, -0.2) is 4.79 Å². The Hall–Kier alpha value is -1.08. The highest BCUT2D eigenvalue weighted by molar-refractivity contribution is 5.89. The van der Waals surface area contributed by atoms with Crippen molar-refractivity contribution in [2.24, 2.45) is 0 Å². The number of ether oxygens (including phenoxy) is 1. The van der Waals surface area contributed by atoms with Crippen molar-refractivity contribution in [3.05, 3.63) is 11.6 Å². The van der Waals surface area contributed by atoms with Crippen molar-refractivity contribution in [1.29, 1.82) is 0 Å². The third-order valence-corrected chi connectivity index (χ3v) is 2.85. The number of likely N-dealkylation sites (N-methyl/N-ethyl adjacent to an activating group) is 1. The fourth-order valence-corrected chi connectivity index (χ4v) is 2.13. The molecule has 7 heteroatoms. The van der Waals surface area contributed by atoms with Crippen molar-refractivity contribution in [2.75, 3.05) is 20.2 Å². The minimum Gasteiger partial charge on any atom is -0.478 e. The average Bonchev–Trinajstić information content (AvgIpc) is 2.25. The number of nitrogens with zero attached hydrogens (tertiary/aromatic N) is 1. The summed E-state index contributed by atoms with van der Waals surface area (Å²) >= 11 is 0. The molecule has 0 aromatic rings. The second-order valence-corrected chi connectivity index (χ2v) is 3.64. The van der Waals surface area contributed by atoms with Crippen molar-refractivity contribution < 1.29 is 27.8 Å². The SMILES string of the molecule is CCN1CCC=C(C(=O)O)C1(OC)C(F)(F)F. The second kappa shape index (κ2) is 4.66. The highest BCUT2D eigenvalue weighted by Crippen LogP contribution is 2.43. The molecule has 0 aliphatic carbocycles. The highest BCUT2D eigenvalue weighted by Gasteiger charge is 2.64. The first-order valence-corrected chi connectivity index (χ1v) is 5.12. The predicted octanol–water partition coefficient (Wildman–Crippen LogP) is 1.63. The number of hydrogen-bond donors (Lipinski definition) is 1. The maximum atomic E-state index is 13.2. The summed E-state index contributed by atoms with van der Waals surface area (Å²) in [6, 6.07) is 0. The molecule has 1 heterocycles. The number of methoxy groups -OCH3 is 1. The normalized spacial score (nSPS) is 26.8. The summed E-state index contributed by atoms with van der Waals surface area (Å²) < 4.78 is 44.1. The van der Waals surface area contributed by atoms with Gasteiger partial charge in [-0.15, -0.1) is 0 Å². The Morgan fingerprint density at radius 1 is 1.65 bits per heavy atom. The number of hydrogen-bond acceptors (Lipinski definition) is 3. The molecule has 17 heavy (non-hydrogen) atoms. The lowest BCUT2D eigenvalue weighted by atomic mass is 9.94. The van der Waals surface area contributed by atoms with Crippen molar-refractivity contribution >= 4 is 5.97 Å². The number of carboxylic acids is 1. The molecule has 0 fully saturated rings. The number of carboxylic acid groups (broad SMARTS) is 1. The minimum absolute atomic E-state index is 0.0535. The lowest BCUT2D eigenvalue weighted by Gasteiger charge is -2.45. The zero-order valence-electron chi connectivity index (χ0n) is 9.54. The molecule has 1 aliphatic rings. The molecule has 1 N–H and O–H groups in total. The zero-order valence-corrected chi connectivity index (χ0v) is 9.54. The van der Waals surface area contributed by atoms with Crippen LogP contribution in [0, 0.1) is 0 Å². The fourth-order valence-electron chi connectivity index (χ4n) is 2.13. The van der Waals surface area contributed by atoms with Gasteiger partial charge in [0.2, 0.25) is 0 Å². The zero-order chi connectivity index (χ0) is 13.3. The van der Waals surface area contributed by atoms with Crippen LogP contribution in [-0.4, -0.2) is 48.1 Å². The van der Waals surface area contributed by atoms with E-state index in [4.69, 9.17) is 5.11 Å². The molecule has 0 bridgehead atoms.